The molecule has 0 aliphatic carbocycles. The number of rotatable bonds is 2. The first kappa shape index (κ1) is 8.08. The molecule has 2 heteroatoms. The van der Waals surface area contributed by atoms with Gasteiger partial charge >= 0.3 is 0 Å². The Bertz CT molecular complexity index is 134. The van der Waals surface area contributed by atoms with Crippen LogP contribution in [0.5, 0.6) is 0 Å². The lowest BCUT2D eigenvalue weighted by Gasteiger charge is -1.97. The van der Waals surface area contributed by atoms with E-state index >= 15 is 0 Å². The average Bonchev–Trinajstić information content (AvgIpc) is 1.87. The van der Waals surface area contributed by atoms with Gasteiger partial charge in [0, 0.05) is 5.70 Å². The zero-order chi connectivity index (χ0) is 7.28. The maximum atomic E-state index is 5.51. The molecule has 0 radical (unpaired) electrons. The summed E-state index contributed by atoms with van der Waals surface area (Å²) >= 11 is 0. The van der Waals surface area contributed by atoms with Crippen molar-refractivity contribution >= 4 is 0 Å². The highest BCUT2D eigenvalue weighted by molar-refractivity contribution is 5.19. The lowest BCUT2D eigenvalue weighted by molar-refractivity contribution is 1.03. The molecule has 0 aromatic carbocycles. The van der Waals surface area contributed by atoms with E-state index in [1.54, 1.807) is 6.08 Å². The van der Waals surface area contributed by atoms with Gasteiger partial charge in [-0.1, -0.05) is 13.0 Å². The normalized spacial score (nSPS) is 14.0. The van der Waals surface area contributed by atoms with E-state index in [4.69, 9.17) is 11.5 Å². The summed E-state index contributed by atoms with van der Waals surface area (Å²) in [4.78, 5) is 0. The van der Waals surface area contributed by atoms with Gasteiger partial charge in [-0.15, -0.1) is 0 Å². The van der Waals surface area contributed by atoms with Crippen LogP contribution in [0.2, 0.25) is 0 Å². The third kappa shape index (κ3) is 2.80. The van der Waals surface area contributed by atoms with E-state index in [1.807, 2.05) is 19.9 Å². The molecular weight excluding hydrogens is 112 g/mol. The third-order valence-corrected chi connectivity index (χ3v) is 1.10. The van der Waals surface area contributed by atoms with Crippen molar-refractivity contribution in [2.45, 2.75) is 20.3 Å². The van der Waals surface area contributed by atoms with Gasteiger partial charge in [-0.05, 0) is 19.4 Å². The van der Waals surface area contributed by atoms with Gasteiger partial charge in [0.2, 0.25) is 0 Å². The first-order chi connectivity index (χ1) is 4.22. The van der Waals surface area contributed by atoms with Crippen molar-refractivity contribution < 1.29 is 0 Å². The predicted octanol–water partition coefficient (Wildman–Crippen LogP) is 1.10. The summed E-state index contributed by atoms with van der Waals surface area (Å²) in [5.74, 6) is 0. The molecule has 0 rings (SSSR count). The molecule has 0 saturated heterocycles. The van der Waals surface area contributed by atoms with Gasteiger partial charge in [0.15, 0.2) is 0 Å². The fourth-order valence-electron chi connectivity index (χ4n) is 0.491. The molecule has 0 bridgehead atoms. The number of hydrogen-bond acceptors (Lipinski definition) is 2. The molecule has 0 aliphatic heterocycles. The molecular formula is C7H14N2. The van der Waals surface area contributed by atoms with Crippen LogP contribution in [0.1, 0.15) is 20.3 Å². The number of hydrogen-bond donors (Lipinski definition) is 2. The van der Waals surface area contributed by atoms with Crippen molar-refractivity contribution in [3.05, 3.63) is 23.5 Å². The SMILES string of the molecule is C/C=C\C(N)=C(\N)CC. The largest absolute Gasteiger partial charge is 0.400 e. The molecule has 9 heavy (non-hydrogen) atoms. The van der Waals surface area contributed by atoms with Crippen molar-refractivity contribution in [1.82, 2.24) is 0 Å². The van der Waals surface area contributed by atoms with Crippen LogP contribution in [-0.2, 0) is 0 Å². The lowest BCUT2D eigenvalue weighted by atomic mass is 10.2. The molecule has 0 saturated carbocycles. The average molecular weight is 126 g/mol. The smallest absolute Gasteiger partial charge is 0.0501 e. The van der Waals surface area contributed by atoms with Crippen LogP contribution >= 0.6 is 0 Å². The highest BCUT2D eigenvalue weighted by atomic mass is 14.7. The maximum Gasteiger partial charge on any atom is 0.0501 e. The van der Waals surface area contributed by atoms with E-state index in [0.29, 0.717) is 5.70 Å². The maximum absolute atomic E-state index is 5.51. The van der Waals surface area contributed by atoms with Crippen LogP contribution in [0.4, 0.5) is 0 Å². The summed E-state index contributed by atoms with van der Waals surface area (Å²) in [5, 5.41) is 0. The van der Waals surface area contributed by atoms with Crippen LogP contribution < -0.4 is 11.5 Å². The third-order valence-electron chi connectivity index (χ3n) is 1.10. The van der Waals surface area contributed by atoms with Gasteiger partial charge in [-0.3, -0.25) is 0 Å². The molecule has 0 spiro atoms. The van der Waals surface area contributed by atoms with E-state index in [1.165, 1.54) is 0 Å². The Hall–Kier alpha value is -0.920. The Morgan fingerprint density at radius 2 is 2.00 bits per heavy atom. The summed E-state index contributed by atoms with van der Waals surface area (Å²) in [6.07, 6.45) is 4.49. The molecule has 0 heterocycles. The van der Waals surface area contributed by atoms with E-state index in [9.17, 15) is 0 Å². The molecule has 0 atom stereocenters. The quantitative estimate of drug-likeness (QED) is 0.544. The molecule has 0 aromatic rings. The van der Waals surface area contributed by atoms with E-state index in [-0.39, 0.29) is 0 Å². The predicted molar refractivity (Wildman–Crippen MR) is 40.5 cm³/mol. The summed E-state index contributed by atoms with van der Waals surface area (Å²) in [6, 6.07) is 0. The first-order valence-electron chi connectivity index (χ1n) is 3.09. The molecule has 4 N–H and O–H groups in total. The van der Waals surface area contributed by atoms with Gasteiger partial charge in [-0.25, -0.2) is 0 Å². The minimum atomic E-state index is 0.681. The van der Waals surface area contributed by atoms with Gasteiger partial charge in [-0.2, -0.15) is 0 Å². The fourth-order valence-corrected chi connectivity index (χ4v) is 0.491. The highest BCUT2D eigenvalue weighted by Gasteiger charge is 1.88. The topological polar surface area (TPSA) is 52.0 Å². The molecule has 52 valence electrons. The minimum Gasteiger partial charge on any atom is -0.400 e. The Labute approximate surface area is 56.2 Å². The van der Waals surface area contributed by atoms with Gasteiger partial charge in [0.25, 0.3) is 0 Å². The van der Waals surface area contributed by atoms with Crippen LogP contribution in [0.25, 0.3) is 0 Å². The second kappa shape index (κ2) is 4.01. The van der Waals surface area contributed by atoms with Gasteiger partial charge < -0.3 is 11.5 Å². The monoisotopic (exact) mass is 126 g/mol. The molecule has 0 aliphatic rings. The van der Waals surface area contributed by atoms with Crippen molar-refractivity contribution in [2.24, 2.45) is 11.5 Å². The lowest BCUT2D eigenvalue weighted by Crippen LogP contribution is -2.06. The first-order valence-corrected chi connectivity index (χ1v) is 3.09. The summed E-state index contributed by atoms with van der Waals surface area (Å²) in [5.41, 5.74) is 12.5. The van der Waals surface area contributed by atoms with Crippen LogP contribution in [0, 0.1) is 0 Å². The van der Waals surface area contributed by atoms with Crippen molar-refractivity contribution in [3.8, 4) is 0 Å². The molecule has 0 fully saturated rings. The fraction of sp³-hybridized carbons (Fsp3) is 0.429. The Morgan fingerprint density at radius 3 is 2.33 bits per heavy atom. The Morgan fingerprint density at radius 1 is 1.44 bits per heavy atom. The second-order valence-corrected chi connectivity index (χ2v) is 1.83. The minimum absolute atomic E-state index is 0.681. The van der Waals surface area contributed by atoms with Gasteiger partial charge in [0.05, 0.1) is 5.70 Å². The zero-order valence-corrected chi connectivity index (χ0v) is 6.02. The van der Waals surface area contributed by atoms with Gasteiger partial charge in [0.1, 0.15) is 0 Å². The van der Waals surface area contributed by atoms with Crippen LogP contribution in [0.15, 0.2) is 23.5 Å². The highest BCUT2D eigenvalue weighted by Crippen LogP contribution is 1.96. The summed E-state index contributed by atoms with van der Waals surface area (Å²) < 4.78 is 0. The second-order valence-electron chi connectivity index (χ2n) is 1.83. The number of nitrogens with two attached hydrogens (primary N) is 2. The van der Waals surface area contributed by atoms with Crippen molar-refractivity contribution in [2.75, 3.05) is 0 Å². The Kier molecular flexibility index (Phi) is 3.60. The van der Waals surface area contributed by atoms with Crippen molar-refractivity contribution in [3.63, 3.8) is 0 Å². The molecule has 0 amide bonds. The molecule has 2 nitrogen and oxygen atoms in total. The van der Waals surface area contributed by atoms with E-state index in [2.05, 4.69) is 0 Å². The summed E-state index contributed by atoms with van der Waals surface area (Å²) in [7, 11) is 0. The zero-order valence-electron chi connectivity index (χ0n) is 6.02. The van der Waals surface area contributed by atoms with Crippen LogP contribution in [-0.4, -0.2) is 0 Å². The molecule has 0 unspecified atom stereocenters. The standard InChI is InChI=1S/C7H14N2/c1-3-5-7(9)6(8)4-2/h3,5H,4,8-9H2,1-2H3/b5-3-,7-6-. The summed E-state index contributed by atoms with van der Waals surface area (Å²) in [6.45, 7) is 3.89. The van der Waals surface area contributed by atoms with E-state index < -0.39 is 0 Å². The van der Waals surface area contributed by atoms with E-state index in [0.717, 1.165) is 12.1 Å². The molecule has 0 aromatic heterocycles. The Balaban J connectivity index is 4.10. The van der Waals surface area contributed by atoms with Crippen LogP contribution in [0.3, 0.4) is 0 Å². The number of allylic oxidation sites excluding steroid dienone is 3. The van der Waals surface area contributed by atoms with Crippen molar-refractivity contribution in [1.29, 1.82) is 0 Å².